The zero-order valence-corrected chi connectivity index (χ0v) is 10.4. The van der Waals surface area contributed by atoms with Crippen molar-refractivity contribution in [2.24, 2.45) is 0 Å². The van der Waals surface area contributed by atoms with Gasteiger partial charge in [0.1, 0.15) is 0 Å². The molecule has 0 aliphatic heterocycles. The molecule has 0 unspecified atom stereocenters. The summed E-state index contributed by atoms with van der Waals surface area (Å²) < 4.78 is 6.65. The molecule has 0 aromatic heterocycles. The van der Waals surface area contributed by atoms with Gasteiger partial charge in [-0.25, -0.2) is 0 Å². The summed E-state index contributed by atoms with van der Waals surface area (Å²) in [6, 6.07) is 10.1. The number of hydrogen-bond donors (Lipinski definition) is 0. The summed E-state index contributed by atoms with van der Waals surface area (Å²) in [5.74, 6) is 0. The van der Waals surface area contributed by atoms with Crippen LogP contribution in [-0.2, 0) is 20.0 Å². The molecular formula is C10H14MnOSi. The van der Waals surface area contributed by atoms with E-state index in [-0.39, 0.29) is 0 Å². The van der Waals surface area contributed by atoms with E-state index >= 15 is 0 Å². The minimum absolute atomic E-state index is 0.854. The average molecular weight is 233 g/mol. The van der Waals surface area contributed by atoms with Gasteiger partial charge in [0.05, 0.1) is 0 Å². The molecule has 0 amide bonds. The Balaban J connectivity index is 2.71. The zero-order chi connectivity index (χ0) is 9.90. The molecule has 1 nitrogen and oxygen atoms in total. The van der Waals surface area contributed by atoms with Crippen LogP contribution >= 0.6 is 0 Å². The van der Waals surface area contributed by atoms with Gasteiger partial charge in [0.2, 0.25) is 0 Å². The molecule has 0 bridgehead atoms. The Labute approximate surface area is 88.6 Å². The molecule has 0 N–H and O–H groups in total. The summed E-state index contributed by atoms with van der Waals surface area (Å²) in [5.41, 5.74) is 1.10. The number of benzene rings is 1. The van der Waals surface area contributed by atoms with Crippen molar-refractivity contribution in [1.29, 1.82) is 0 Å². The normalized spacial score (nSPS) is 11.3. The molecule has 0 spiro atoms. The summed E-state index contributed by atoms with van der Waals surface area (Å²) in [5, 5.41) is 0. The van der Waals surface area contributed by atoms with Crippen molar-refractivity contribution in [3.63, 3.8) is 0 Å². The van der Waals surface area contributed by atoms with Crippen LogP contribution in [0.1, 0.15) is 5.56 Å². The summed E-state index contributed by atoms with van der Waals surface area (Å²) in [7, 11) is -1.49. The van der Waals surface area contributed by atoms with Crippen LogP contribution in [0.2, 0.25) is 19.6 Å². The van der Waals surface area contributed by atoms with E-state index in [1.165, 1.54) is 0 Å². The molecule has 71 valence electrons. The molecule has 1 aromatic rings. The SMILES string of the molecule is C[Si](C)(C)O[C](=[Mn])c1ccccc1. The summed E-state index contributed by atoms with van der Waals surface area (Å²) in [6.45, 7) is 6.49. The van der Waals surface area contributed by atoms with Gasteiger partial charge in [0, 0.05) is 0 Å². The predicted octanol–water partition coefficient (Wildman–Crippen LogP) is 2.56. The molecule has 0 heterocycles. The zero-order valence-electron chi connectivity index (χ0n) is 8.17. The first-order chi connectivity index (χ1) is 5.99. The predicted molar refractivity (Wildman–Crippen MR) is 55.0 cm³/mol. The Kier molecular flexibility index (Phi) is 3.62. The Hall–Kier alpha value is -0.214. The van der Waals surface area contributed by atoms with Crippen LogP contribution in [0.15, 0.2) is 30.3 Å². The van der Waals surface area contributed by atoms with Gasteiger partial charge in [-0.15, -0.1) is 0 Å². The first-order valence-electron chi connectivity index (χ1n) is 4.26. The van der Waals surface area contributed by atoms with Crippen molar-refractivity contribution in [3.05, 3.63) is 35.9 Å². The van der Waals surface area contributed by atoms with E-state index in [2.05, 4.69) is 35.2 Å². The maximum absolute atomic E-state index is 5.80. The van der Waals surface area contributed by atoms with Gasteiger partial charge >= 0.3 is 88.5 Å². The van der Waals surface area contributed by atoms with Crippen molar-refractivity contribution in [2.45, 2.75) is 19.6 Å². The number of rotatable bonds is 3. The Bertz CT molecular complexity index is 290. The van der Waals surface area contributed by atoms with Crippen molar-refractivity contribution in [2.75, 3.05) is 0 Å². The van der Waals surface area contributed by atoms with Crippen molar-refractivity contribution >= 4 is 12.9 Å². The molecule has 1 rings (SSSR count). The standard InChI is InChI=1S/C10H14OSi.Mn/c1-12(2,3)11-9-10-7-5-4-6-8-10;/h4-8H,1-3H3;. The van der Waals surface area contributed by atoms with Gasteiger partial charge in [-0.3, -0.25) is 0 Å². The van der Waals surface area contributed by atoms with E-state index in [0.29, 0.717) is 0 Å². The molecule has 13 heavy (non-hydrogen) atoms. The van der Waals surface area contributed by atoms with E-state index in [4.69, 9.17) is 4.43 Å². The Morgan fingerprint density at radius 1 is 1.15 bits per heavy atom. The fraction of sp³-hybridized carbons (Fsp3) is 0.300. The molecule has 0 aliphatic carbocycles. The van der Waals surface area contributed by atoms with E-state index < -0.39 is 8.32 Å². The number of hydrogen-bond acceptors (Lipinski definition) is 1. The quantitative estimate of drug-likeness (QED) is 0.729. The summed E-state index contributed by atoms with van der Waals surface area (Å²) in [6.07, 6.45) is 0. The summed E-state index contributed by atoms with van der Waals surface area (Å²) in [4.78, 5) is 0. The average Bonchev–Trinajstić information content (AvgIpc) is 2.03. The van der Waals surface area contributed by atoms with Crippen molar-refractivity contribution < 1.29 is 20.0 Å². The Morgan fingerprint density at radius 3 is 2.15 bits per heavy atom. The fourth-order valence-electron chi connectivity index (χ4n) is 0.897. The van der Waals surface area contributed by atoms with Gasteiger partial charge in [-0.1, -0.05) is 0 Å². The third-order valence-electron chi connectivity index (χ3n) is 1.40. The van der Waals surface area contributed by atoms with Crippen LogP contribution in [-0.4, -0.2) is 12.9 Å². The van der Waals surface area contributed by atoms with Gasteiger partial charge in [-0.05, 0) is 0 Å². The second-order valence-electron chi connectivity index (χ2n) is 3.85. The van der Waals surface area contributed by atoms with Gasteiger partial charge in [-0.2, -0.15) is 0 Å². The monoisotopic (exact) mass is 233 g/mol. The maximum atomic E-state index is 5.80. The molecule has 0 atom stereocenters. The van der Waals surface area contributed by atoms with Crippen LogP contribution in [0.4, 0.5) is 0 Å². The van der Waals surface area contributed by atoms with Gasteiger partial charge < -0.3 is 0 Å². The van der Waals surface area contributed by atoms with E-state index in [1.807, 2.05) is 30.3 Å². The van der Waals surface area contributed by atoms with E-state index in [0.717, 1.165) is 10.2 Å². The third-order valence-corrected chi connectivity index (χ3v) is 2.89. The van der Waals surface area contributed by atoms with Crippen LogP contribution in [0.25, 0.3) is 0 Å². The molecule has 0 radical (unpaired) electrons. The molecule has 0 saturated heterocycles. The molecule has 0 saturated carbocycles. The molecule has 1 aromatic carbocycles. The fourth-order valence-corrected chi connectivity index (χ4v) is 2.83. The molecule has 3 heteroatoms. The van der Waals surface area contributed by atoms with Crippen LogP contribution in [0.5, 0.6) is 0 Å². The second-order valence-corrected chi connectivity index (χ2v) is 8.82. The van der Waals surface area contributed by atoms with Crippen molar-refractivity contribution in [3.8, 4) is 0 Å². The second kappa shape index (κ2) is 4.33. The van der Waals surface area contributed by atoms with Crippen LogP contribution < -0.4 is 0 Å². The molecular weight excluding hydrogens is 219 g/mol. The molecule has 0 fully saturated rings. The molecule has 0 aliphatic rings. The van der Waals surface area contributed by atoms with E-state index in [1.54, 1.807) is 0 Å². The minimum atomic E-state index is -1.49. The van der Waals surface area contributed by atoms with Gasteiger partial charge in [0.15, 0.2) is 0 Å². The topological polar surface area (TPSA) is 9.23 Å². The first kappa shape index (κ1) is 10.9. The van der Waals surface area contributed by atoms with E-state index in [9.17, 15) is 0 Å². The van der Waals surface area contributed by atoms with Gasteiger partial charge in [0.25, 0.3) is 0 Å². The van der Waals surface area contributed by atoms with Crippen LogP contribution in [0, 0.1) is 0 Å². The summed E-state index contributed by atoms with van der Waals surface area (Å²) >= 11 is 3.45. The van der Waals surface area contributed by atoms with Crippen molar-refractivity contribution in [1.82, 2.24) is 0 Å². The first-order valence-corrected chi connectivity index (χ1v) is 8.26. The Morgan fingerprint density at radius 2 is 1.69 bits per heavy atom. The van der Waals surface area contributed by atoms with Crippen LogP contribution in [0.3, 0.4) is 0 Å². The third kappa shape index (κ3) is 4.01.